The Kier molecular flexibility index (Phi) is 3.99. The van der Waals surface area contributed by atoms with Gasteiger partial charge in [-0.25, -0.2) is 4.98 Å². The summed E-state index contributed by atoms with van der Waals surface area (Å²) in [6, 6.07) is 5.73. The van der Waals surface area contributed by atoms with E-state index in [9.17, 15) is 9.59 Å². The number of hydrogen-bond acceptors (Lipinski definition) is 4. The molecule has 0 saturated heterocycles. The molecule has 0 bridgehead atoms. The average molecular weight is 288 g/mol. The van der Waals surface area contributed by atoms with Gasteiger partial charge in [0.05, 0.1) is 10.6 Å². The van der Waals surface area contributed by atoms with Crippen LogP contribution in [0.2, 0.25) is 0 Å². The maximum absolute atomic E-state index is 12.2. The summed E-state index contributed by atoms with van der Waals surface area (Å²) in [6.07, 6.45) is 0. The van der Waals surface area contributed by atoms with Gasteiger partial charge in [0.1, 0.15) is 0 Å². The number of thiazole rings is 1. The van der Waals surface area contributed by atoms with Crippen molar-refractivity contribution in [1.29, 1.82) is 0 Å². The molecule has 4 nitrogen and oxygen atoms in total. The van der Waals surface area contributed by atoms with Gasteiger partial charge in [0, 0.05) is 12.5 Å². The van der Waals surface area contributed by atoms with Crippen molar-refractivity contribution in [2.45, 2.75) is 27.7 Å². The Hall–Kier alpha value is -2.01. The third-order valence-corrected chi connectivity index (χ3v) is 4.15. The SMILES string of the molecule is CC(=O)c1sc(NC(=O)c2cc(C)ccc2C)nc1C. The van der Waals surface area contributed by atoms with Gasteiger partial charge >= 0.3 is 0 Å². The highest BCUT2D eigenvalue weighted by atomic mass is 32.1. The average Bonchev–Trinajstić information content (AvgIpc) is 2.73. The summed E-state index contributed by atoms with van der Waals surface area (Å²) < 4.78 is 0. The summed E-state index contributed by atoms with van der Waals surface area (Å²) in [5, 5.41) is 3.22. The zero-order valence-corrected chi connectivity index (χ0v) is 12.7. The van der Waals surface area contributed by atoms with Crippen molar-refractivity contribution in [3.8, 4) is 0 Å². The minimum absolute atomic E-state index is 0.0350. The quantitative estimate of drug-likeness (QED) is 0.879. The van der Waals surface area contributed by atoms with E-state index in [-0.39, 0.29) is 11.7 Å². The van der Waals surface area contributed by atoms with Crippen LogP contribution >= 0.6 is 11.3 Å². The van der Waals surface area contributed by atoms with E-state index >= 15 is 0 Å². The third-order valence-electron chi connectivity index (χ3n) is 2.97. The van der Waals surface area contributed by atoms with Crippen molar-refractivity contribution in [2.24, 2.45) is 0 Å². The number of rotatable bonds is 3. The number of aromatic nitrogens is 1. The lowest BCUT2D eigenvalue weighted by molar-refractivity contribution is 0.101. The first-order valence-corrected chi connectivity index (χ1v) is 7.07. The van der Waals surface area contributed by atoms with Crippen LogP contribution in [0.1, 0.15) is 43.8 Å². The van der Waals surface area contributed by atoms with Gasteiger partial charge in [0.2, 0.25) is 0 Å². The van der Waals surface area contributed by atoms with E-state index < -0.39 is 0 Å². The number of carbonyl (C=O) groups excluding carboxylic acids is 2. The topological polar surface area (TPSA) is 59.1 Å². The first-order valence-electron chi connectivity index (χ1n) is 6.25. The summed E-state index contributed by atoms with van der Waals surface area (Å²) in [7, 11) is 0. The maximum Gasteiger partial charge on any atom is 0.257 e. The van der Waals surface area contributed by atoms with Gasteiger partial charge in [0.25, 0.3) is 5.91 Å². The second kappa shape index (κ2) is 5.54. The number of aryl methyl sites for hydroxylation is 3. The largest absolute Gasteiger partial charge is 0.298 e. The van der Waals surface area contributed by atoms with Gasteiger partial charge in [-0.05, 0) is 32.4 Å². The molecule has 2 aromatic rings. The number of benzene rings is 1. The van der Waals surface area contributed by atoms with Crippen LogP contribution < -0.4 is 5.32 Å². The minimum atomic E-state index is -0.199. The highest BCUT2D eigenvalue weighted by Crippen LogP contribution is 2.24. The first kappa shape index (κ1) is 14.4. The van der Waals surface area contributed by atoms with Crippen LogP contribution in [0, 0.1) is 20.8 Å². The normalized spacial score (nSPS) is 10.4. The van der Waals surface area contributed by atoms with Crippen molar-refractivity contribution >= 4 is 28.2 Å². The van der Waals surface area contributed by atoms with E-state index in [0.717, 1.165) is 11.1 Å². The Labute approximate surface area is 121 Å². The lowest BCUT2D eigenvalue weighted by atomic mass is 10.1. The van der Waals surface area contributed by atoms with E-state index in [1.807, 2.05) is 32.0 Å². The molecule has 0 atom stereocenters. The van der Waals surface area contributed by atoms with Gasteiger partial charge < -0.3 is 0 Å². The molecule has 0 saturated carbocycles. The van der Waals surface area contributed by atoms with E-state index in [4.69, 9.17) is 0 Å². The number of anilines is 1. The molecule has 0 fully saturated rings. The van der Waals surface area contributed by atoms with Gasteiger partial charge in [0.15, 0.2) is 10.9 Å². The minimum Gasteiger partial charge on any atom is -0.298 e. The Morgan fingerprint density at radius 2 is 1.90 bits per heavy atom. The van der Waals surface area contributed by atoms with Crippen LogP contribution in [0.4, 0.5) is 5.13 Å². The van der Waals surface area contributed by atoms with Gasteiger partial charge in [-0.15, -0.1) is 0 Å². The van der Waals surface area contributed by atoms with Crippen LogP contribution in [-0.4, -0.2) is 16.7 Å². The Bertz CT molecular complexity index is 689. The molecule has 1 amide bonds. The molecule has 1 aromatic carbocycles. The van der Waals surface area contributed by atoms with Crippen molar-refractivity contribution in [2.75, 3.05) is 5.32 Å². The number of hydrogen-bond donors (Lipinski definition) is 1. The monoisotopic (exact) mass is 288 g/mol. The zero-order valence-electron chi connectivity index (χ0n) is 11.9. The molecule has 104 valence electrons. The van der Waals surface area contributed by atoms with Crippen LogP contribution in [-0.2, 0) is 0 Å². The molecule has 2 rings (SSSR count). The lowest BCUT2D eigenvalue weighted by Gasteiger charge is -2.06. The first-order chi connectivity index (χ1) is 9.38. The molecule has 1 heterocycles. The molecule has 20 heavy (non-hydrogen) atoms. The van der Waals surface area contributed by atoms with Gasteiger partial charge in [-0.1, -0.05) is 29.0 Å². The smallest absolute Gasteiger partial charge is 0.257 e. The van der Waals surface area contributed by atoms with Crippen LogP contribution in [0.25, 0.3) is 0 Å². The highest BCUT2D eigenvalue weighted by molar-refractivity contribution is 7.17. The van der Waals surface area contributed by atoms with Crippen LogP contribution in [0.3, 0.4) is 0 Å². The highest BCUT2D eigenvalue weighted by Gasteiger charge is 2.15. The third kappa shape index (κ3) is 2.93. The summed E-state index contributed by atoms with van der Waals surface area (Å²) in [4.78, 5) is 28.4. The van der Waals surface area contributed by atoms with E-state index in [0.29, 0.717) is 21.3 Å². The fourth-order valence-corrected chi connectivity index (χ4v) is 2.78. The molecular weight excluding hydrogens is 272 g/mol. The number of Topliss-reactive ketones (excluding diaryl/α,β-unsaturated/α-hetero) is 1. The molecule has 0 radical (unpaired) electrons. The van der Waals surface area contributed by atoms with E-state index in [1.165, 1.54) is 18.3 Å². The Balaban J connectivity index is 2.26. The molecule has 1 aromatic heterocycles. The van der Waals surface area contributed by atoms with Crippen LogP contribution in [0.5, 0.6) is 0 Å². The maximum atomic E-state index is 12.2. The molecule has 0 unspecified atom stereocenters. The summed E-state index contributed by atoms with van der Waals surface area (Å²) in [5.74, 6) is -0.234. The standard InChI is InChI=1S/C15H16N2O2S/c1-8-5-6-9(2)12(7-8)14(19)17-15-16-10(3)13(20-15)11(4)18/h5-7H,1-4H3,(H,16,17,19). The number of amides is 1. The summed E-state index contributed by atoms with van der Waals surface area (Å²) in [5.41, 5.74) is 3.22. The molecule has 0 aliphatic rings. The zero-order chi connectivity index (χ0) is 14.9. The molecule has 0 aliphatic carbocycles. The van der Waals surface area contributed by atoms with Crippen molar-refractivity contribution < 1.29 is 9.59 Å². The fraction of sp³-hybridized carbons (Fsp3) is 0.267. The predicted molar refractivity (Wildman–Crippen MR) is 80.7 cm³/mol. The Morgan fingerprint density at radius 1 is 1.20 bits per heavy atom. The number of ketones is 1. The second-order valence-electron chi connectivity index (χ2n) is 4.76. The van der Waals surface area contributed by atoms with Gasteiger partial charge in [-0.2, -0.15) is 0 Å². The van der Waals surface area contributed by atoms with Crippen molar-refractivity contribution in [3.63, 3.8) is 0 Å². The summed E-state index contributed by atoms with van der Waals surface area (Å²) >= 11 is 1.21. The van der Waals surface area contributed by atoms with E-state index in [2.05, 4.69) is 10.3 Å². The number of carbonyl (C=O) groups is 2. The van der Waals surface area contributed by atoms with Crippen molar-refractivity contribution in [1.82, 2.24) is 4.98 Å². The number of nitrogens with zero attached hydrogens (tertiary/aromatic N) is 1. The molecule has 0 spiro atoms. The summed E-state index contributed by atoms with van der Waals surface area (Å²) in [6.45, 7) is 7.09. The molecule has 5 heteroatoms. The predicted octanol–water partition coefficient (Wildman–Crippen LogP) is 3.52. The second-order valence-corrected chi connectivity index (χ2v) is 5.76. The van der Waals surface area contributed by atoms with Gasteiger partial charge in [-0.3, -0.25) is 14.9 Å². The molecule has 0 aliphatic heterocycles. The van der Waals surface area contributed by atoms with Crippen LogP contribution in [0.15, 0.2) is 18.2 Å². The Morgan fingerprint density at radius 3 is 2.50 bits per heavy atom. The fourth-order valence-electron chi connectivity index (χ4n) is 1.92. The van der Waals surface area contributed by atoms with Crippen molar-refractivity contribution in [3.05, 3.63) is 45.5 Å². The molecule has 1 N–H and O–H groups in total. The lowest BCUT2D eigenvalue weighted by Crippen LogP contribution is -2.13. The molecular formula is C15H16N2O2S. The van der Waals surface area contributed by atoms with E-state index in [1.54, 1.807) is 6.92 Å². The number of nitrogens with one attached hydrogen (secondary N) is 1.